The van der Waals surface area contributed by atoms with Crippen LogP contribution in [0.2, 0.25) is 0 Å². The molecule has 0 saturated carbocycles. The van der Waals surface area contributed by atoms with Crippen molar-refractivity contribution in [1.29, 1.82) is 0 Å². The van der Waals surface area contributed by atoms with Gasteiger partial charge in [-0.2, -0.15) is 0 Å². The first-order valence-electron chi connectivity index (χ1n) is 7.20. The minimum atomic E-state index is -0.366. The number of urea groups is 1. The van der Waals surface area contributed by atoms with Gasteiger partial charge in [-0.25, -0.2) is 10.3 Å². The van der Waals surface area contributed by atoms with Crippen LogP contribution in [0.5, 0.6) is 0 Å². The Morgan fingerprint density at radius 2 is 2.05 bits per heavy atom. The van der Waals surface area contributed by atoms with Crippen LogP contribution in [0.1, 0.15) is 29.5 Å². The number of carbonyl (C=O) groups excluding carboxylic acids is 1. The Bertz CT molecular complexity index is 591. The van der Waals surface area contributed by atoms with Gasteiger partial charge in [-0.05, 0) is 32.8 Å². The highest BCUT2D eigenvalue weighted by Crippen LogP contribution is 2.14. The molecule has 0 fully saturated rings. The summed E-state index contributed by atoms with van der Waals surface area (Å²) in [7, 11) is 0. The van der Waals surface area contributed by atoms with Gasteiger partial charge in [-0.3, -0.25) is 4.84 Å². The lowest BCUT2D eigenvalue weighted by Crippen LogP contribution is -2.41. The van der Waals surface area contributed by atoms with Crippen molar-refractivity contribution in [3.05, 3.63) is 52.9 Å². The van der Waals surface area contributed by atoms with E-state index in [2.05, 4.69) is 16.0 Å². The Hall–Kier alpha value is -2.34. The first-order valence-corrected chi connectivity index (χ1v) is 7.20. The molecule has 1 heterocycles. The van der Waals surface area contributed by atoms with E-state index in [1.165, 1.54) is 0 Å². The average molecular weight is 303 g/mol. The van der Waals surface area contributed by atoms with E-state index in [9.17, 15) is 4.79 Å². The number of rotatable bonds is 6. The van der Waals surface area contributed by atoms with Crippen molar-refractivity contribution >= 4 is 6.03 Å². The molecule has 1 aromatic heterocycles. The Balaban J connectivity index is 1.72. The molecule has 1 atom stereocenters. The fraction of sp³-hybridized carbons (Fsp3) is 0.375. The van der Waals surface area contributed by atoms with Gasteiger partial charge in [-0.1, -0.05) is 35.5 Å². The number of nitrogens with one attached hydrogen (secondary N) is 2. The smallest absolute Gasteiger partial charge is 0.338 e. The van der Waals surface area contributed by atoms with Gasteiger partial charge >= 0.3 is 6.03 Å². The molecule has 0 saturated heterocycles. The fourth-order valence-corrected chi connectivity index (χ4v) is 2.16. The van der Waals surface area contributed by atoms with Crippen molar-refractivity contribution < 1.29 is 14.2 Å². The summed E-state index contributed by atoms with van der Waals surface area (Å²) in [6.07, 6.45) is 0.660. The molecule has 6 nitrogen and oxygen atoms in total. The molecule has 0 spiro atoms. The van der Waals surface area contributed by atoms with Crippen LogP contribution in [0.3, 0.4) is 0 Å². The van der Waals surface area contributed by atoms with Crippen LogP contribution in [0, 0.1) is 13.8 Å². The molecule has 118 valence electrons. The van der Waals surface area contributed by atoms with E-state index in [0.29, 0.717) is 13.0 Å². The molecule has 0 unspecified atom stereocenters. The molecule has 2 aromatic rings. The summed E-state index contributed by atoms with van der Waals surface area (Å²) in [6.45, 7) is 6.00. The largest absolute Gasteiger partial charge is 0.361 e. The summed E-state index contributed by atoms with van der Waals surface area (Å²) in [5, 5.41) is 6.72. The second kappa shape index (κ2) is 7.61. The molecule has 2 N–H and O–H groups in total. The number of hydrogen-bond donors (Lipinski definition) is 2. The summed E-state index contributed by atoms with van der Waals surface area (Å²) in [6, 6.07) is 9.21. The first kappa shape index (κ1) is 16.0. The minimum absolute atomic E-state index is 0.0582. The van der Waals surface area contributed by atoms with E-state index >= 15 is 0 Å². The summed E-state index contributed by atoms with van der Waals surface area (Å²) < 4.78 is 5.11. The van der Waals surface area contributed by atoms with Crippen LogP contribution in [-0.2, 0) is 17.9 Å². The predicted octanol–water partition coefficient (Wildman–Crippen LogP) is 2.65. The SMILES string of the molecule is Cc1noc(C)c1C[C@H](C)NC(=O)NOCc1ccccc1. The molecule has 0 bridgehead atoms. The van der Waals surface area contributed by atoms with E-state index in [-0.39, 0.29) is 12.1 Å². The van der Waals surface area contributed by atoms with Crippen LogP contribution in [-0.4, -0.2) is 17.2 Å². The van der Waals surface area contributed by atoms with Crippen molar-refractivity contribution in [3.8, 4) is 0 Å². The van der Waals surface area contributed by atoms with Gasteiger partial charge in [0.1, 0.15) is 5.76 Å². The number of amides is 2. The molecular weight excluding hydrogens is 282 g/mol. The highest BCUT2D eigenvalue weighted by Gasteiger charge is 2.14. The maximum atomic E-state index is 11.8. The highest BCUT2D eigenvalue weighted by molar-refractivity contribution is 5.73. The number of carbonyl (C=O) groups is 1. The summed E-state index contributed by atoms with van der Waals surface area (Å²) >= 11 is 0. The standard InChI is InChI=1S/C16H21N3O3/c1-11(9-15-12(2)18-22-13(15)3)17-16(20)19-21-10-14-7-5-4-6-8-14/h4-8,11H,9-10H2,1-3H3,(H2,17,19,20)/t11-/m0/s1. The topological polar surface area (TPSA) is 76.4 Å². The minimum Gasteiger partial charge on any atom is -0.361 e. The number of benzene rings is 1. The molecule has 0 aliphatic carbocycles. The fourth-order valence-electron chi connectivity index (χ4n) is 2.16. The lowest BCUT2D eigenvalue weighted by Gasteiger charge is -2.14. The number of nitrogens with zero attached hydrogens (tertiary/aromatic N) is 1. The van der Waals surface area contributed by atoms with Gasteiger partial charge in [0.2, 0.25) is 0 Å². The van der Waals surface area contributed by atoms with E-state index in [4.69, 9.17) is 9.36 Å². The van der Waals surface area contributed by atoms with Crippen molar-refractivity contribution in [2.45, 2.75) is 39.8 Å². The van der Waals surface area contributed by atoms with Crippen LogP contribution in [0.25, 0.3) is 0 Å². The Morgan fingerprint density at radius 1 is 1.32 bits per heavy atom. The summed E-state index contributed by atoms with van der Waals surface area (Å²) in [5.41, 5.74) is 5.25. The number of hydrogen-bond acceptors (Lipinski definition) is 4. The van der Waals surface area contributed by atoms with Crippen LogP contribution < -0.4 is 10.8 Å². The first-order chi connectivity index (χ1) is 10.6. The lowest BCUT2D eigenvalue weighted by molar-refractivity contribution is 0.0483. The van der Waals surface area contributed by atoms with Gasteiger partial charge < -0.3 is 9.84 Å². The average Bonchev–Trinajstić information content (AvgIpc) is 2.80. The monoisotopic (exact) mass is 303 g/mol. The molecule has 0 radical (unpaired) electrons. The van der Waals surface area contributed by atoms with E-state index < -0.39 is 0 Å². The highest BCUT2D eigenvalue weighted by atomic mass is 16.7. The van der Waals surface area contributed by atoms with Crippen LogP contribution in [0.15, 0.2) is 34.9 Å². The normalized spacial score (nSPS) is 12.0. The maximum absolute atomic E-state index is 11.8. The van der Waals surface area contributed by atoms with E-state index in [1.54, 1.807) is 0 Å². The van der Waals surface area contributed by atoms with Gasteiger partial charge in [0.25, 0.3) is 0 Å². The lowest BCUT2D eigenvalue weighted by atomic mass is 10.1. The predicted molar refractivity (Wildman–Crippen MR) is 82.0 cm³/mol. The summed E-state index contributed by atoms with van der Waals surface area (Å²) in [4.78, 5) is 16.9. The summed E-state index contributed by atoms with van der Waals surface area (Å²) in [5.74, 6) is 0.784. The zero-order valence-corrected chi connectivity index (χ0v) is 13.1. The van der Waals surface area contributed by atoms with Crippen molar-refractivity contribution in [1.82, 2.24) is 16.0 Å². The van der Waals surface area contributed by atoms with Gasteiger partial charge in [0.05, 0.1) is 12.3 Å². The van der Waals surface area contributed by atoms with Gasteiger partial charge in [0.15, 0.2) is 0 Å². The van der Waals surface area contributed by atoms with Crippen molar-refractivity contribution in [2.75, 3.05) is 0 Å². The molecule has 1 aromatic carbocycles. The van der Waals surface area contributed by atoms with Gasteiger partial charge in [-0.15, -0.1) is 0 Å². The Kier molecular flexibility index (Phi) is 5.55. The molecule has 22 heavy (non-hydrogen) atoms. The van der Waals surface area contributed by atoms with Crippen molar-refractivity contribution in [2.24, 2.45) is 0 Å². The second-order valence-electron chi connectivity index (χ2n) is 5.26. The maximum Gasteiger partial charge on any atom is 0.338 e. The molecule has 6 heteroatoms. The zero-order valence-electron chi connectivity index (χ0n) is 13.1. The Morgan fingerprint density at radius 3 is 2.68 bits per heavy atom. The molecule has 0 aliphatic rings. The van der Waals surface area contributed by atoms with Gasteiger partial charge in [0, 0.05) is 11.6 Å². The Labute approximate surface area is 129 Å². The quantitative estimate of drug-likeness (QED) is 0.804. The molecule has 2 rings (SSSR count). The third-order valence-electron chi connectivity index (χ3n) is 3.32. The molecule has 0 aliphatic heterocycles. The second-order valence-corrected chi connectivity index (χ2v) is 5.26. The van der Waals surface area contributed by atoms with Crippen LogP contribution >= 0.6 is 0 Å². The number of aromatic nitrogens is 1. The van der Waals surface area contributed by atoms with Crippen molar-refractivity contribution in [3.63, 3.8) is 0 Å². The van der Waals surface area contributed by atoms with Crippen LogP contribution in [0.4, 0.5) is 4.79 Å². The molecular formula is C16H21N3O3. The third kappa shape index (κ3) is 4.60. The number of aryl methyl sites for hydroxylation is 2. The number of hydroxylamine groups is 1. The third-order valence-corrected chi connectivity index (χ3v) is 3.32. The van der Waals surface area contributed by atoms with E-state index in [1.807, 2.05) is 51.1 Å². The molecule has 2 amide bonds. The zero-order chi connectivity index (χ0) is 15.9. The van der Waals surface area contributed by atoms with E-state index in [0.717, 1.165) is 22.6 Å².